The number of hydrogen-bond donors (Lipinski definition) is 2. The van der Waals surface area contributed by atoms with Gasteiger partial charge in [-0.3, -0.25) is 9.59 Å². The smallest absolute Gasteiger partial charge is 0.244 e. The molecule has 0 aromatic heterocycles. The number of hydrogen-bond acceptors (Lipinski definition) is 3. The zero-order valence-electron chi connectivity index (χ0n) is 17.8. The van der Waals surface area contributed by atoms with E-state index in [2.05, 4.69) is 28.0 Å². The Hall–Kier alpha value is -3.73. The molecule has 5 heteroatoms. The van der Waals surface area contributed by atoms with Crippen molar-refractivity contribution in [1.82, 2.24) is 10.7 Å². The first-order chi connectivity index (χ1) is 15.0. The van der Waals surface area contributed by atoms with Gasteiger partial charge in [0, 0.05) is 5.71 Å². The van der Waals surface area contributed by atoms with Crippen LogP contribution in [-0.2, 0) is 16.0 Å². The molecule has 0 unspecified atom stereocenters. The van der Waals surface area contributed by atoms with Crippen molar-refractivity contribution in [2.24, 2.45) is 5.10 Å². The summed E-state index contributed by atoms with van der Waals surface area (Å²) in [6.07, 6.45) is 0.353. The molecule has 0 spiro atoms. The molecule has 1 atom stereocenters. The molecule has 158 valence electrons. The fourth-order valence-electron chi connectivity index (χ4n) is 3.22. The maximum Gasteiger partial charge on any atom is 0.244 e. The monoisotopic (exact) mass is 413 g/mol. The first-order valence-corrected chi connectivity index (χ1v) is 10.3. The van der Waals surface area contributed by atoms with Gasteiger partial charge in [-0.05, 0) is 36.1 Å². The van der Waals surface area contributed by atoms with E-state index in [1.54, 1.807) is 6.92 Å². The van der Waals surface area contributed by atoms with E-state index in [1.807, 2.05) is 79.7 Å². The van der Waals surface area contributed by atoms with Crippen molar-refractivity contribution in [3.05, 3.63) is 96.1 Å². The van der Waals surface area contributed by atoms with Gasteiger partial charge < -0.3 is 5.32 Å². The molecule has 3 rings (SSSR count). The third-order valence-corrected chi connectivity index (χ3v) is 4.89. The fraction of sp³-hybridized carbons (Fsp3) is 0.192. The van der Waals surface area contributed by atoms with Crippen LogP contribution in [0.1, 0.15) is 37.4 Å². The summed E-state index contributed by atoms with van der Waals surface area (Å²) in [7, 11) is 0. The van der Waals surface area contributed by atoms with E-state index in [0.717, 1.165) is 22.3 Å². The molecule has 0 heterocycles. The molecule has 31 heavy (non-hydrogen) atoms. The first-order valence-electron chi connectivity index (χ1n) is 10.3. The molecule has 0 aliphatic rings. The second-order valence-corrected chi connectivity index (χ2v) is 7.50. The van der Waals surface area contributed by atoms with Gasteiger partial charge in [0.2, 0.25) is 11.8 Å². The summed E-state index contributed by atoms with van der Waals surface area (Å²) in [5.74, 6) is -0.353. The SMILES string of the molecule is C/C(CC(=O)N[C@H](C)c1ccccc1)=N/NC(=O)Cc1ccc(-c2ccccc2)cc1. The predicted molar refractivity (Wildman–Crippen MR) is 124 cm³/mol. The Balaban J connectivity index is 1.46. The van der Waals surface area contributed by atoms with Crippen LogP contribution in [0.5, 0.6) is 0 Å². The van der Waals surface area contributed by atoms with Crippen molar-refractivity contribution >= 4 is 17.5 Å². The molecule has 0 aliphatic carbocycles. The van der Waals surface area contributed by atoms with Crippen molar-refractivity contribution in [1.29, 1.82) is 0 Å². The minimum atomic E-state index is -0.218. The summed E-state index contributed by atoms with van der Waals surface area (Å²) in [4.78, 5) is 24.4. The molecule has 3 aromatic rings. The Morgan fingerprint density at radius 2 is 1.39 bits per heavy atom. The van der Waals surface area contributed by atoms with E-state index in [9.17, 15) is 9.59 Å². The lowest BCUT2D eigenvalue weighted by molar-refractivity contribution is -0.121. The van der Waals surface area contributed by atoms with E-state index in [1.165, 1.54) is 0 Å². The summed E-state index contributed by atoms with van der Waals surface area (Å²) in [5.41, 5.74) is 7.27. The standard InChI is InChI=1S/C26H27N3O2/c1-19(17-25(30)27-20(2)22-9-5-3-6-10-22)28-29-26(31)18-21-13-15-24(16-14-21)23-11-7-4-8-12-23/h3-16,20H,17-18H2,1-2H3,(H,27,30)(H,29,31)/b28-19-/t20-/m1/s1. The first kappa shape index (κ1) is 22.0. The minimum Gasteiger partial charge on any atom is -0.349 e. The number of carbonyl (C=O) groups excluding carboxylic acids is 2. The van der Waals surface area contributed by atoms with Crippen LogP contribution >= 0.6 is 0 Å². The summed E-state index contributed by atoms with van der Waals surface area (Å²) in [6, 6.07) is 27.7. The quantitative estimate of drug-likeness (QED) is 0.417. The summed E-state index contributed by atoms with van der Waals surface area (Å²) >= 11 is 0. The van der Waals surface area contributed by atoms with E-state index in [-0.39, 0.29) is 30.7 Å². The van der Waals surface area contributed by atoms with E-state index >= 15 is 0 Å². The Morgan fingerprint density at radius 1 is 0.806 bits per heavy atom. The van der Waals surface area contributed by atoms with Crippen molar-refractivity contribution < 1.29 is 9.59 Å². The van der Waals surface area contributed by atoms with Gasteiger partial charge in [-0.1, -0.05) is 84.9 Å². The van der Waals surface area contributed by atoms with Crippen LogP contribution in [0.2, 0.25) is 0 Å². The van der Waals surface area contributed by atoms with Crippen LogP contribution in [0.4, 0.5) is 0 Å². The third kappa shape index (κ3) is 6.93. The summed E-state index contributed by atoms with van der Waals surface area (Å²) in [6.45, 7) is 3.66. The van der Waals surface area contributed by atoms with E-state index in [0.29, 0.717) is 5.71 Å². The van der Waals surface area contributed by atoms with Crippen molar-refractivity contribution in [2.45, 2.75) is 32.7 Å². The Labute approximate surface area is 183 Å². The lowest BCUT2D eigenvalue weighted by Gasteiger charge is -2.14. The highest BCUT2D eigenvalue weighted by Crippen LogP contribution is 2.19. The number of hydrazone groups is 1. The molecule has 3 aromatic carbocycles. The second-order valence-electron chi connectivity index (χ2n) is 7.50. The van der Waals surface area contributed by atoms with Crippen molar-refractivity contribution in [3.8, 4) is 11.1 Å². The molecule has 5 nitrogen and oxygen atoms in total. The zero-order valence-corrected chi connectivity index (χ0v) is 17.8. The number of amides is 2. The van der Waals surface area contributed by atoms with Crippen LogP contribution in [0, 0.1) is 0 Å². The lowest BCUT2D eigenvalue weighted by Crippen LogP contribution is -2.29. The molecule has 0 fully saturated rings. The Kier molecular flexibility index (Phi) is 7.71. The number of nitrogens with one attached hydrogen (secondary N) is 2. The van der Waals surface area contributed by atoms with Crippen LogP contribution in [0.25, 0.3) is 11.1 Å². The molecule has 0 bridgehead atoms. The van der Waals surface area contributed by atoms with Crippen molar-refractivity contribution in [3.63, 3.8) is 0 Å². The van der Waals surface area contributed by atoms with Gasteiger partial charge >= 0.3 is 0 Å². The summed E-state index contributed by atoms with van der Waals surface area (Å²) < 4.78 is 0. The highest BCUT2D eigenvalue weighted by Gasteiger charge is 2.10. The van der Waals surface area contributed by atoms with Gasteiger partial charge in [0.1, 0.15) is 0 Å². The maximum absolute atomic E-state index is 12.2. The van der Waals surface area contributed by atoms with Gasteiger partial charge in [-0.2, -0.15) is 5.10 Å². The molecule has 0 saturated heterocycles. The van der Waals surface area contributed by atoms with Crippen LogP contribution in [0.3, 0.4) is 0 Å². The van der Waals surface area contributed by atoms with Gasteiger partial charge in [0.25, 0.3) is 0 Å². The number of benzene rings is 3. The topological polar surface area (TPSA) is 70.6 Å². The fourth-order valence-corrected chi connectivity index (χ4v) is 3.22. The highest BCUT2D eigenvalue weighted by atomic mass is 16.2. The molecular weight excluding hydrogens is 386 g/mol. The lowest BCUT2D eigenvalue weighted by atomic mass is 10.0. The summed E-state index contributed by atoms with van der Waals surface area (Å²) in [5, 5.41) is 7.00. The second kappa shape index (κ2) is 10.9. The molecule has 0 saturated carbocycles. The normalized spacial score (nSPS) is 12.1. The maximum atomic E-state index is 12.2. The average Bonchev–Trinajstić information content (AvgIpc) is 2.79. The molecule has 0 radical (unpaired) electrons. The van der Waals surface area contributed by atoms with Gasteiger partial charge in [-0.25, -0.2) is 5.43 Å². The predicted octanol–water partition coefficient (Wildman–Crippen LogP) is 4.66. The third-order valence-electron chi connectivity index (χ3n) is 4.89. The van der Waals surface area contributed by atoms with Gasteiger partial charge in [-0.15, -0.1) is 0 Å². The van der Waals surface area contributed by atoms with Gasteiger partial charge in [0.05, 0.1) is 18.9 Å². The Bertz CT molecular complexity index is 1030. The molecule has 0 aliphatic heterocycles. The van der Waals surface area contributed by atoms with E-state index in [4.69, 9.17) is 0 Å². The molecular formula is C26H27N3O2. The average molecular weight is 414 g/mol. The molecule has 2 amide bonds. The van der Waals surface area contributed by atoms with E-state index < -0.39 is 0 Å². The van der Waals surface area contributed by atoms with Crippen LogP contribution in [0.15, 0.2) is 90.0 Å². The molecule has 2 N–H and O–H groups in total. The Morgan fingerprint density at radius 3 is 2.03 bits per heavy atom. The highest BCUT2D eigenvalue weighted by molar-refractivity contribution is 6.00. The van der Waals surface area contributed by atoms with Crippen molar-refractivity contribution in [2.75, 3.05) is 0 Å². The van der Waals surface area contributed by atoms with Gasteiger partial charge in [0.15, 0.2) is 0 Å². The van der Waals surface area contributed by atoms with Crippen LogP contribution in [-0.4, -0.2) is 17.5 Å². The number of rotatable bonds is 8. The minimum absolute atomic E-state index is 0.0880. The van der Waals surface area contributed by atoms with Crippen LogP contribution < -0.4 is 10.7 Å². The zero-order chi connectivity index (χ0) is 22.1. The largest absolute Gasteiger partial charge is 0.349 e. The number of nitrogens with zero attached hydrogens (tertiary/aromatic N) is 1. The number of carbonyl (C=O) groups is 2.